The van der Waals surface area contributed by atoms with Gasteiger partial charge in [0.1, 0.15) is 0 Å². The zero-order chi connectivity index (χ0) is 19.2. The van der Waals surface area contributed by atoms with Crippen LogP contribution >= 0.6 is 0 Å². The Hall–Kier alpha value is -1.44. The molecule has 1 aromatic rings. The van der Waals surface area contributed by atoms with Crippen molar-refractivity contribution in [2.75, 3.05) is 46.4 Å². The molecule has 1 amide bonds. The monoisotopic (exact) mass is 377 g/mol. The van der Waals surface area contributed by atoms with Crippen LogP contribution in [0.1, 0.15) is 36.9 Å². The van der Waals surface area contributed by atoms with Crippen LogP contribution in [0.15, 0.2) is 6.20 Å². The summed E-state index contributed by atoms with van der Waals surface area (Å²) in [4.78, 5) is 17.5. The topological polar surface area (TPSA) is 62.6 Å². The highest BCUT2D eigenvalue weighted by molar-refractivity contribution is 5.78. The number of nitrogens with one attached hydrogen (secondary N) is 1. The third kappa shape index (κ3) is 5.30. The number of hydrogen-bond acceptors (Lipinski definition) is 5. The Labute approximate surface area is 163 Å². The van der Waals surface area contributed by atoms with Gasteiger partial charge in [0.25, 0.3) is 0 Å². The Morgan fingerprint density at radius 2 is 2.07 bits per heavy atom. The maximum Gasteiger partial charge on any atom is 0.224 e. The minimum Gasteiger partial charge on any atom is -0.383 e. The Bertz CT molecular complexity index is 610. The first kappa shape index (κ1) is 20.3. The van der Waals surface area contributed by atoms with E-state index < -0.39 is 0 Å². The first-order valence-electron chi connectivity index (χ1n) is 10.3. The van der Waals surface area contributed by atoms with Gasteiger partial charge in [0, 0.05) is 51.1 Å². The van der Waals surface area contributed by atoms with E-state index in [0.29, 0.717) is 19.2 Å². The minimum absolute atomic E-state index is 0.131. The first-order chi connectivity index (χ1) is 13.1. The second-order valence-electron chi connectivity index (χ2n) is 8.00. The van der Waals surface area contributed by atoms with Crippen LogP contribution in [-0.2, 0) is 23.1 Å². The second-order valence-corrected chi connectivity index (χ2v) is 8.00. The SMILES string of the molecule is COCCNC(=O)[C@H]1CCCN(C2CCN(Cc3cnn(C)c3C)CC2)C1. The highest BCUT2D eigenvalue weighted by atomic mass is 16.5. The van der Waals surface area contributed by atoms with Crippen molar-refractivity contribution >= 4 is 5.91 Å². The largest absolute Gasteiger partial charge is 0.383 e. The lowest BCUT2D eigenvalue weighted by Crippen LogP contribution is -2.50. The number of carbonyl (C=O) groups is 1. The molecule has 1 atom stereocenters. The molecule has 2 aliphatic heterocycles. The molecule has 0 unspecified atom stereocenters. The van der Waals surface area contributed by atoms with Crippen LogP contribution in [0.25, 0.3) is 0 Å². The fourth-order valence-corrected chi connectivity index (χ4v) is 4.36. The van der Waals surface area contributed by atoms with Crippen molar-refractivity contribution < 1.29 is 9.53 Å². The van der Waals surface area contributed by atoms with Gasteiger partial charge in [0.15, 0.2) is 0 Å². The van der Waals surface area contributed by atoms with Crippen LogP contribution in [0.4, 0.5) is 0 Å². The van der Waals surface area contributed by atoms with Gasteiger partial charge < -0.3 is 10.1 Å². The number of hydrogen-bond donors (Lipinski definition) is 1. The van der Waals surface area contributed by atoms with Gasteiger partial charge in [-0.2, -0.15) is 5.10 Å². The number of piperidine rings is 2. The van der Waals surface area contributed by atoms with E-state index >= 15 is 0 Å². The molecule has 0 saturated carbocycles. The van der Waals surface area contributed by atoms with Crippen molar-refractivity contribution in [3.8, 4) is 0 Å². The number of aryl methyl sites for hydroxylation is 1. The number of nitrogens with zero attached hydrogens (tertiary/aromatic N) is 4. The van der Waals surface area contributed by atoms with Gasteiger partial charge in [-0.3, -0.25) is 19.3 Å². The molecule has 0 aliphatic carbocycles. The summed E-state index contributed by atoms with van der Waals surface area (Å²) in [6.45, 7) is 8.62. The maximum atomic E-state index is 12.4. The molecule has 3 rings (SSSR count). The average Bonchev–Trinajstić information content (AvgIpc) is 3.01. The third-order valence-corrected chi connectivity index (χ3v) is 6.23. The van der Waals surface area contributed by atoms with Crippen molar-refractivity contribution in [2.24, 2.45) is 13.0 Å². The summed E-state index contributed by atoms with van der Waals surface area (Å²) in [7, 11) is 3.67. The summed E-state index contributed by atoms with van der Waals surface area (Å²) >= 11 is 0. The average molecular weight is 378 g/mol. The smallest absolute Gasteiger partial charge is 0.224 e. The molecule has 0 bridgehead atoms. The quantitative estimate of drug-likeness (QED) is 0.723. The van der Waals surface area contributed by atoms with Crippen molar-refractivity contribution in [1.82, 2.24) is 24.9 Å². The van der Waals surface area contributed by atoms with Gasteiger partial charge in [-0.05, 0) is 52.2 Å². The van der Waals surface area contributed by atoms with Gasteiger partial charge in [-0.15, -0.1) is 0 Å². The number of aromatic nitrogens is 2. The zero-order valence-corrected chi connectivity index (χ0v) is 17.1. The number of methoxy groups -OCH3 is 1. The number of rotatable bonds is 7. The lowest BCUT2D eigenvalue weighted by Gasteiger charge is -2.42. The Morgan fingerprint density at radius 1 is 1.30 bits per heavy atom. The van der Waals surface area contributed by atoms with Gasteiger partial charge in [-0.1, -0.05) is 0 Å². The van der Waals surface area contributed by atoms with Crippen molar-refractivity contribution in [2.45, 2.75) is 45.2 Å². The third-order valence-electron chi connectivity index (χ3n) is 6.23. The molecular weight excluding hydrogens is 342 g/mol. The van der Waals surface area contributed by atoms with Crippen LogP contribution in [-0.4, -0.2) is 78.0 Å². The van der Waals surface area contributed by atoms with Gasteiger partial charge >= 0.3 is 0 Å². The number of likely N-dealkylation sites (tertiary alicyclic amines) is 2. The molecular formula is C20H35N5O2. The molecule has 7 heteroatoms. The summed E-state index contributed by atoms with van der Waals surface area (Å²) < 4.78 is 6.97. The number of ether oxygens (including phenoxy) is 1. The Kier molecular flexibility index (Phi) is 7.26. The zero-order valence-electron chi connectivity index (χ0n) is 17.1. The second kappa shape index (κ2) is 9.66. The van der Waals surface area contributed by atoms with E-state index in [1.165, 1.54) is 24.1 Å². The van der Waals surface area contributed by atoms with Crippen LogP contribution in [0.3, 0.4) is 0 Å². The lowest BCUT2D eigenvalue weighted by atomic mass is 9.93. The van der Waals surface area contributed by atoms with E-state index in [2.05, 4.69) is 27.1 Å². The Balaban J connectivity index is 1.44. The lowest BCUT2D eigenvalue weighted by molar-refractivity contribution is -0.127. The highest BCUT2D eigenvalue weighted by Gasteiger charge is 2.31. The summed E-state index contributed by atoms with van der Waals surface area (Å²) in [5.41, 5.74) is 2.59. The van der Waals surface area contributed by atoms with E-state index in [1.54, 1.807) is 7.11 Å². The Morgan fingerprint density at radius 3 is 2.74 bits per heavy atom. The molecule has 1 N–H and O–H groups in total. The minimum atomic E-state index is 0.131. The van der Waals surface area contributed by atoms with Crippen LogP contribution in [0.5, 0.6) is 0 Å². The summed E-state index contributed by atoms with van der Waals surface area (Å²) in [6, 6.07) is 0.617. The summed E-state index contributed by atoms with van der Waals surface area (Å²) in [5, 5.41) is 7.37. The highest BCUT2D eigenvalue weighted by Crippen LogP contribution is 2.25. The van der Waals surface area contributed by atoms with Gasteiger partial charge in [0.05, 0.1) is 18.7 Å². The molecule has 1 aromatic heterocycles. The molecule has 0 aromatic carbocycles. The molecule has 7 nitrogen and oxygen atoms in total. The van der Waals surface area contributed by atoms with E-state index in [1.807, 2.05) is 17.9 Å². The summed E-state index contributed by atoms with van der Waals surface area (Å²) in [5.74, 6) is 0.327. The van der Waals surface area contributed by atoms with E-state index in [0.717, 1.165) is 45.6 Å². The molecule has 3 heterocycles. The van der Waals surface area contributed by atoms with E-state index in [4.69, 9.17) is 4.74 Å². The number of amides is 1. The summed E-state index contributed by atoms with van der Waals surface area (Å²) in [6.07, 6.45) is 6.51. The predicted octanol–water partition coefficient (Wildman–Crippen LogP) is 1.17. The molecule has 27 heavy (non-hydrogen) atoms. The van der Waals surface area contributed by atoms with Gasteiger partial charge in [0.2, 0.25) is 5.91 Å². The molecule has 2 saturated heterocycles. The van der Waals surface area contributed by atoms with Crippen molar-refractivity contribution in [1.29, 1.82) is 0 Å². The molecule has 2 fully saturated rings. The molecule has 152 valence electrons. The van der Waals surface area contributed by atoms with Crippen LogP contribution in [0.2, 0.25) is 0 Å². The molecule has 0 radical (unpaired) electrons. The van der Waals surface area contributed by atoms with Gasteiger partial charge in [-0.25, -0.2) is 0 Å². The predicted molar refractivity (Wildman–Crippen MR) is 105 cm³/mol. The molecule has 0 spiro atoms. The molecule has 2 aliphatic rings. The van der Waals surface area contributed by atoms with E-state index in [9.17, 15) is 4.79 Å². The first-order valence-corrected chi connectivity index (χ1v) is 10.3. The van der Waals surface area contributed by atoms with Crippen molar-refractivity contribution in [3.05, 3.63) is 17.5 Å². The fraction of sp³-hybridized carbons (Fsp3) is 0.800. The number of carbonyl (C=O) groups excluding carboxylic acids is 1. The van der Waals surface area contributed by atoms with Crippen molar-refractivity contribution in [3.63, 3.8) is 0 Å². The maximum absolute atomic E-state index is 12.4. The standard InChI is InChI=1S/C20H35N5O2/c1-16-18(13-22-23(16)2)14-24-10-6-19(7-11-24)25-9-4-5-17(15-25)20(26)21-8-12-27-3/h13,17,19H,4-12,14-15H2,1-3H3,(H,21,26)/t17-/m0/s1. The van der Waals surface area contributed by atoms with Crippen LogP contribution < -0.4 is 5.32 Å². The fourth-order valence-electron chi connectivity index (χ4n) is 4.36. The van der Waals surface area contributed by atoms with Crippen LogP contribution in [0, 0.1) is 12.8 Å². The van der Waals surface area contributed by atoms with E-state index in [-0.39, 0.29) is 11.8 Å². The normalized spacial score (nSPS) is 22.9.